The molecule has 0 aliphatic carbocycles. The van der Waals surface area contributed by atoms with Gasteiger partial charge < -0.3 is 15.4 Å². The molecular formula is C14H27N5O. The van der Waals surface area contributed by atoms with E-state index in [1.165, 1.54) is 0 Å². The predicted molar refractivity (Wildman–Crippen MR) is 82.4 cm³/mol. The lowest BCUT2D eigenvalue weighted by Crippen LogP contribution is -2.34. The molecule has 2 N–H and O–H groups in total. The number of anilines is 2. The third kappa shape index (κ3) is 4.83. The second kappa shape index (κ2) is 7.26. The Morgan fingerprint density at radius 3 is 2.15 bits per heavy atom. The Morgan fingerprint density at radius 1 is 1.05 bits per heavy atom. The molecule has 0 unspecified atom stereocenters. The van der Waals surface area contributed by atoms with Gasteiger partial charge in [0.05, 0.1) is 6.10 Å². The van der Waals surface area contributed by atoms with E-state index in [2.05, 4.69) is 46.4 Å². The highest BCUT2D eigenvalue weighted by molar-refractivity contribution is 5.37. The Balaban J connectivity index is 3.01. The molecule has 0 amide bonds. The van der Waals surface area contributed by atoms with Gasteiger partial charge in [0.15, 0.2) is 0 Å². The molecule has 1 rings (SSSR count). The molecule has 0 aliphatic rings. The Morgan fingerprint density at radius 2 is 1.65 bits per heavy atom. The van der Waals surface area contributed by atoms with Crippen LogP contribution in [0, 0.1) is 0 Å². The number of nitrogens with one attached hydrogen (secondary N) is 2. The van der Waals surface area contributed by atoms with Crippen LogP contribution < -0.4 is 15.4 Å². The molecule has 6 heteroatoms. The van der Waals surface area contributed by atoms with Crippen LogP contribution in [0.15, 0.2) is 0 Å². The summed E-state index contributed by atoms with van der Waals surface area (Å²) < 4.78 is 5.58. The third-order valence-electron chi connectivity index (χ3n) is 3.27. The number of aromatic nitrogens is 3. The topological polar surface area (TPSA) is 72.0 Å². The molecule has 114 valence electrons. The first-order chi connectivity index (χ1) is 9.42. The maximum atomic E-state index is 5.58. The van der Waals surface area contributed by atoms with Crippen molar-refractivity contribution in [2.24, 2.45) is 0 Å². The number of nitrogens with zero attached hydrogens (tertiary/aromatic N) is 3. The molecule has 0 aliphatic heterocycles. The van der Waals surface area contributed by atoms with Gasteiger partial charge in [0.25, 0.3) is 0 Å². The second-order valence-electron chi connectivity index (χ2n) is 5.35. The summed E-state index contributed by atoms with van der Waals surface area (Å²) in [6, 6.07) is 0.350. The van der Waals surface area contributed by atoms with E-state index in [0.29, 0.717) is 17.9 Å². The lowest BCUT2D eigenvalue weighted by molar-refractivity contribution is 0.222. The minimum atomic E-state index is -0.0278. The zero-order valence-electron chi connectivity index (χ0n) is 13.4. The van der Waals surface area contributed by atoms with Gasteiger partial charge in [-0.3, -0.25) is 0 Å². The van der Waals surface area contributed by atoms with Gasteiger partial charge in [-0.2, -0.15) is 15.0 Å². The molecule has 1 aromatic heterocycles. The summed E-state index contributed by atoms with van der Waals surface area (Å²) in [5.41, 5.74) is -0.0278. The van der Waals surface area contributed by atoms with Crippen molar-refractivity contribution < 1.29 is 4.74 Å². The maximum absolute atomic E-state index is 5.58. The van der Waals surface area contributed by atoms with Crippen molar-refractivity contribution in [3.8, 4) is 6.01 Å². The van der Waals surface area contributed by atoms with E-state index in [1.807, 2.05) is 20.8 Å². The summed E-state index contributed by atoms with van der Waals surface area (Å²) in [6.45, 7) is 13.1. The number of hydrogen-bond donors (Lipinski definition) is 2. The SMILES string of the molecule is CCNc1nc(NC(C)(CC)CC)nc(OC(C)C)n1. The highest BCUT2D eigenvalue weighted by atomic mass is 16.5. The Hall–Kier alpha value is -1.59. The fraction of sp³-hybridized carbons (Fsp3) is 0.786. The molecule has 1 heterocycles. The van der Waals surface area contributed by atoms with Crippen molar-refractivity contribution in [2.45, 2.75) is 66.0 Å². The molecule has 0 fully saturated rings. The smallest absolute Gasteiger partial charge is 0.323 e. The number of rotatable bonds is 8. The van der Waals surface area contributed by atoms with E-state index in [-0.39, 0.29) is 11.6 Å². The van der Waals surface area contributed by atoms with Gasteiger partial charge in [0, 0.05) is 12.1 Å². The molecule has 20 heavy (non-hydrogen) atoms. The Bertz CT molecular complexity index is 418. The standard InChI is InChI=1S/C14H27N5O/c1-7-14(6,8-2)19-12-16-11(15-9-3)17-13(18-12)20-10(4)5/h10H,7-9H2,1-6H3,(H2,15,16,17,18,19). The quantitative estimate of drug-likeness (QED) is 0.763. The molecular weight excluding hydrogens is 254 g/mol. The first-order valence-electron chi connectivity index (χ1n) is 7.37. The fourth-order valence-corrected chi connectivity index (χ4v) is 1.61. The Labute approximate surface area is 121 Å². The average Bonchev–Trinajstić information content (AvgIpc) is 2.38. The first-order valence-corrected chi connectivity index (χ1v) is 7.37. The van der Waals surface area contributed by atoms with Crippen molar-refractivity contribution in [1.82, 2.24) is 15.0 Å². The lowest BCUT2D eigenvalue weighted by atomic mass is 9.96. The van der Waals surface area contributed by atoms with E-state index in [0.717, 1.165) is 19.4 Å². The minimum Gasteiger partial charge on any atom is -0.461 e. The summed E-state index contributed by atoms with van der Waals surface area (Å²) in [4.78, 5) is 13.0. The van der Waals surface area contributed by atoms with Crippen LogP contribution in [0.1, 0.15) is 54.4 Å². The minimum absolute atomic E-state index is 0.0278. The van der Waals surface area contributed by atoms with E-state index in [4.69, 9.17) is 4.74 Å². The molecule has 0 radical (unpaired) electrons. The van der Waals surface area contributed by atoms with Crippen LogP contribution >= 0.6 is 0 Å². The molecule has 6 nitrogen and oxygen atoms in total. The molecule has 0 saturated carbocycles. The van der Waals surface area contributed by atoms with Crippen molar-refractivity contribution in [2.75, 3.05) is 17.2 Å². The normalized spacial score (nSPS) is 11.6. The van der Waals surface area contributed by atoms with Crippen molar-refractivity contribution in [3.05, 3.63) is 0 Å². The predicted octanol–water partition coefficient (Wildman–Crippen LogP) is 3.08. The maximum Gasteiger partial charge on any atom is 0.323 e. The zero-order valence-corrected chi connectivity index (χ0v) is 13.4. The first kappa shape index (κ1) is 16.5. The van der Waals surface area contributed by atoms with Gasteiger partial charge in [-0.25, -0.2) is 0 Å². The number of hydrogen-bond acceptors (Lipinski definition) is 6. The van der Waals surface area contributed by atoms with Gasteiger partial charge in [-0.05, 0) is 40.5 Å². The molecule has 0 atom stereocenters. The summed E-state index contributed by atoms with van der Waals surface area (Å²) >= 11 is 0. The molecule has 0 aromatic carbocycles. The summed E-state index contributed by atoms with van der Waals surface area (Å²) in [5.74, 6) is 1.09. The largest absolute Gasteiger partial charge is 0.461 e. The van der Waals surface area contributed by atoms with Crippen LogP contribution in [-0.2, 0) is 0 Å². The van der Waals surface area contributed by atoms with Crippen LogP contribution in [0.5, 0.6) is 6.01 Å². The van der Waals surface area contributed by atoms with E-state index >= 15 is 0 Å². The third-order valence-corrected chi connectivity index (χ3v) is 3.27. The summed E-state index contributed by atoms with van der Waals surface area (Å²) in [5, 5.41) is 6.49. The van der Waals surface area contributed by atoms with Gasteiger partial charge >= 0.3 is 6.01 Å². The molecule has 0 saturated heterocycles. The van der Waals surface area contributed by atoms with Gasteiger partial charge in [-0.1, -0.05) is 13.8 Å². The van der Waals surface area contributed by atoms with Crippen LogP contribution in [-0.4, -0.2) is 33.1 Å². The van der Waals surface area contributed by atoms with E-state index in [1.54, 1.807) is 0 Å². The van der Waals surface area contributed by atoms with Crippen LogP contribution in [0.4, 0.5) is 11.9 Å². The highest BCUT2D eigenvalue weighted by Crippen LogP contribution is 2.21. The van der Waals surface area contributed by atoms with Crippen LogP contribution in [0.3, 0.4) is 0 Å². The van der Waals surface area contributed by atoms with Gasteiger partial charge in [-0.15, -0.1) is 0 Å². The zero-order chi connectivity index (χ0) is 15.2. The monoisotopic (exact) mass is 281 g/mol. The Kier molecular flexibility index (Phi) is 5.98. The van der Waals surface area contributed by atoms with Crippen molar-refractivity contribution in [3.63, 3.8) is 0 Å². The molecule has 0 spiro atoms. The van der Waals surface area contributed by atoms with Gasteiger partial charge in [0.1, 0.15) is 0 Å². The average molecular weight is 281 g/mol. The van der Waals surface area contributed by atoms with Crippen molar-refractivity contribution >= 4 is 11.9 Å². The molecule has 1 aromatic rings. The van der Waals surface area contributed by atoms with Crippen LogP contribution in [0.25, 0.3) is 0 Å². The summed E-state index contributed by atoms with van der Waals surface area (Å²) in [7, 11) is 0. The van der Waals surface area contributed by atoms with Crippen LogP contribution in [0.2, 0.25) is 0 Å². The lowest BCUT2D eigenvalue weighted by Gasteiger charge is -2.28. The van der Waals surface area contributed by atoms with Gasteiger partial charge in [0.2, 0.25) is 11.9 Å². The number of ether oxygens (including phenoxy) is 1. The van der Waals surface area contributed by atoms with Crippen molar-refractivity contribution in [1.29, 1.82) is 0 Å². The highest BCUT2D eigenvalue weighted by Gasteiger charge is 2.21. The summed E-state index contributed by atoms with van der Waals surface area (Å²) in [6.07, 6.45) is 2.02. The van der Waals surface area contributed by atoms with E-state index in [9.17, 15) is 0 Å². The second-order valence-corrected chi connectivity index (χ2v) is 5.35. The van der Waals surface area contributed by atoms with E-state index < -0.39 is 0 Å². The fourth-order valence-electron chi connectivity index (χ4n) is 1.61. The molecule has 0 bridgehead atoms.